The first-order valence-corrected chi connectivity index (χ1v) is 6.36. The van der Waals surface area contributed by atoms with E-state index in [-0.39, 0.29) is 24.8 Å². The maximum absolute atomic E-state index is 9.56. The van der Waals surface area contributed by atoms with Gasteiger partial charge >= 0.3 is 0 Å². The highest BCUT2D eigenvalue weighted by Gasteiger charge is 2.33. The van der Waals surface area contributed by atoms with Crippen LogP contribution in [0.5, 0.6) is 0 Å². The van der Waals surface area contributed by atoms with Gasteiger partial charge in [-0.25, -0.2) is 0 Å². The number of nitrogens with zero attached hydrogens (tertiary/aromatic N) is 1. The zero-order valence-corrected chi connectivity index (χ0v) is 11.1. The van der Waals surface area contributed by atoms with Gasteiger partial charge in [-0.3, -0.25) is 4.90 Å². The van der Waals surface area contributed by atoms with Gasteiger partial charge in [-0.15, -0.1) is 0 Å². The van der Waals surface area contributed by atoms with Gasteiger partial charge in [0.05, 0.1) is 32.0 Å². The van der Waals surface area contributed by atoms with Gasteiger partial charge in [0, 0.05) is 25.7 Å². The van der Waals surface area contributed by atoms with Crippen LogP contribution >= 0.6 is 0 Å². The fourth-order valence-corrected chi connectivity index (χ4v) is 2.42. The Kier molecular flexibility index (Phi) is 6.37. The van der Waals surface area contributed by atoms with Crippen LogP contribution in [0.4, 0.5) is 0 Å². The maximum Gasteiger partial charge on any atom is 0.0674 e. The lowest BCUT2D eigenvalue weighted by molar-refractivity contribution is -0.0867. The highest BCUT2D eigenvalue weighted by Crippen LogP contribution is 2.18. The van der Waals surface area contributed by atoms with Crippen molar-refractivity contribution in [1.29, 1.82) is 0 Å². The zero-order chi connectivity index (χ0) is 12.8. The SMILES string of the molecule is CCC1COC(C)CN1C(CO)C(N)COC. The quantitative estimate of drug-likeness (QED) is 0.680. The molecule has 1 saturated heterocycles. The van der Waals surface area contributed by atoms with Gasteiger partial charge < -0.3 is 20.3 Å². The normalized spacial score (nSPS) is 30.2. The zero-order valence-electron chi connectivity index (χ0n) is 11.1. The standard InChI is InChI=1S/C12H26N2O3/c1-4-10-7-17-9(2)5-14(10)12(6-15)11(13)8-16-3/h9-12,15H,4-8,13H2,1-3H3. The number of hydrogen-bond donors (Lipinski definition) is 2. The Morgan fingerprint density at radius 2 is 2.29 bits per heavy atom. The summed E-state index contributed by atoms with van der Waals surface area (Å²) in [5.41, 5.74) is 6.06. The lowest BCUT2D eigenvalue weighted by atomic mass is 10.0. The minimum atomic E-state index is -0.163. The summed E-state index contributed by atoms with van der Waals surface area (Å²) < 4.78 is 10.7. The molecule has 0 amide bonds. The summed E-state index contributed by atoms with van der Waals surface area (Å²) in [6.07, 6.45) is 1.20. The van der Waals surface area contributed by atoms with Crippen LogP contribution in [-0.2, 0) is 9.47 Å². The molecule has 5 nitrogen and oxygen atoms in total. The van der Waals surface area contributed by atoms with Crippen molar-refractivity contribution >= 4 is 0 Å². The molecule has 0 bridgehead atoms. The van der Waals surface area contributed by atoms with Crippen molar-refractivity contribution in [1.82, 2.24) is 4.90 Å². The van der Waals surface area contributed by atoms with Gasteiger partial charge in [0.2, 0.25) is 0 Å². The van der Waals surface area contributed by atoms with Gasteiger partial charge in [-0.1, -0.05) is 6.92 Å². The number of ether oxygens (including phenoxy) is 2. The van der Waals surface area contributed by atoms with Crippen molar-refractivity contribution < 1.29 is 14.6 Å². The highest BCUT2D eigenvalue weighted by molar-refractivity contribution is 4.89. The first-order chi connectivity index (χ1) is 8.13. The number of aliphatic hydroxyl groups is 1. The molecule has 0 radical (unpaired) electrons. The van der Waals surface area contributed by atoms with E-state index in [4.69, 9.17) is 15.2 Å². The molecule has 0 aromatic heterocycles. The molecular weight excluding hydrogens is 220 g/mol. The number of morpholine rings is 1. The Morgan fingerprint density at radius 3 is 2.82 bits per heavy atom. The minimum Gasteiger partial charge on any atom is -0.395 e. The molecule has 0 aromatic carbocycles. The van der Waals surface area contributed by atoms with Crippen LogP contribution in [0.1, 0.15) is 20.3 Å². The molecule has 0 spiro atoms. The second kappa shape index (κ2) is 7.28. The average Bonchev–Trinajstić information content (AvgIpc) is 2.31. The summed E-state index contributed by atoms with van der Waals surface area (Å²) in [6.45, 7) is 6.25. The predicted molar refractivity (Wildman–Crippen MR) is 66.9 cm³/mol. The van der Waals surface area contributed by atoms with Crippen LogP contribution in [0.2, 0.25) is 0 Å². The van der Waals surface area contributed by atoms with Crippen molar-refractivity contribution in [2.24, 2.45) is 5.73 Å². The number of rotatable bonds is 6. The largest absolute Gasteiger partial charge is 0.395 e. The van der Waals surface area contributed by atoms with Crippen molar-refractivity contribution in [2.75, 3.05) is 33.5 Å². The molecule has 3 N–H and O–H groups in total. The Bertz CT molecular complexity index is 216. The van der Waals surface area contributed by atoms with E-state index in [2.05, 4.69) is 18.7 Å². The first kappa shape index (κ1) is 14.9. The summed E-state index contributed by atoms with van der Waals surface area (Å²) in [5.74, 6) is 0. The Hall–Kier alpha value is -0.200. The van der Waals surface area contributed by atoms with E-state index in [9.17, 15) is 5.11 Å². The van der Waals surface area contributed by atoms with Crippen molar-refractivity contribution in [2.45, 2.75) is 44.5 Å². The van der Waals surface area contributed by atoms with Gasteiger partial charge in [0.25, 0.3) is 0 Å². The second-order valence-electron chi connectivity index (χ2n) is 4.77. The molecule has 102 valence electrons. The van der Waals surface area contributed by atoms with E-state index in [1.165, 1.54) is 0 Å². The third kappa shape index (κ3) is 3.89. The minimum absolute atomic E-state index is 0.0498. The number of nitrogens with two attached hydrogens (primary N) is 1. The maximum atomic E-state index is 9.56. The van der Waals surface area contributed by atoms with Gasteiger partial charge in [-0.05, 0) is 13.3 Å². The Morgan fingerprint density at radius 1 is 1.59 bits per heavy atom. The van der Waals surface area contributed by atoms with E-state index in [1.54, 1.807) is 7.11 Å². The van der Waals surface area contributed by atoms with Crippen molar-refractivity contribution in [3.8, 4) is 0 Å². The fourth-order valence-electron chi connectivity index (χ4n) is 2.42. The topological polar surface area (TPSA) is 68.0 Å². The monoisotopic (exact) mass is 246 g/mol. The van der Waals surface area contributed by atoms with Gasteiger partial charge in [0.1, 0.15) is 0 Å². The highest BCUT2D eigenvalue weighted by atomic mass is 16.5. The van der Waals surface area contributed by atoms with Gasteiger partial charge in [-0.2, -0.15) is 0 Å². The van der Waals surface area contributed by atoms with Crippen LogP contribution in [0.3, 0.4) is 0 Å². The number of methoxy groups -OCH3 is 1. The molecule has 1 aliphatic heterocycles. The molecule has 1 aliphatic rings. The molecule has 0 aromatic rings. The van der Waals surface area contributed by atoms with E-state index in [1.807, 2.05) is 0 Å². The van der Waals surface area contributed by atoms with Crippen LogP contribution in [0.15, 0.2) is 0 Å². The molecule has 4 unspecified atom stereocenters. The van der Waals surface area contributed by atoms with Crippen LogP contribution < -0.4 is 5.73 Å². The third-order valence-electron chi connectivity index (χ3n) is 3.45. The van der Waals surface area contributed by atoms with E-state index >= 15 is 0 Å². The van der Waals surface area contributed by atoms with Crippen LogP contribution in [0, 0.1) is 0 Å². The number of aliphatic hydroxyl groups excluding tert-OH is 1. The molecule has 5 heteroatoms. The third-order valence-corrected chi connectivity index (χ3v) is 3.45. The summed E-state index contributed by atoms with van der Waals surface area (Å²) >= 11 is 0. The van der Waals surface area contributed by atoms with Crippen LogP contribution in [0.25, 0.3) is 0 Å². The molecule has 0 aliphatic carbocycles. The van der Waals surface area contributed by atoms with Gasteiger partial charge in [0.15, 0.2) is 0 Å². The first-order valence-electron chi connectivity index (χ1n) is 6.36. The van der Waals surface area contributed by atoms with E-state index in [0.717, 1.165) is 13.0 Å². The Labute approximate surface area is 104 Å². The molecular formula is C12H26N2O3. The summed E-state index contributed by atoms with van der Waals surface area (Å²) in [5, 5.41) is 9.56. The summed E-state index contributed by atoms with van der Waals surface area (Å²) in [4.78, 5) is 2.28. The lowest BCUT2D eigenvalue weighted by Gasteiger charge is -2.44. The predicted octanol–water partition coefficient (Wildman–Crippen LogP) is -0.180. The van der Waals surface area contributed by atoms with Crippen molar-refractivity contribution in [3.63, 3.8) is 0 Å². The lowest BCUT2D eigenvalue weighted by Crippen LogP contribution is -2.60. The second-order valence-corrected chi connectivity index (χ2v) is 4.77. The molecule has 1 fully saturated rings. The molecule has 1 heterocycles. The molecule has 0 saturated carbocycles. The van der Waals surface area contributed by atoms with Crippen LogP contribution in [-0.4, -0.2) is 67.7 Å². The molecule has 4 atom stereocenters. The average molecular weight is 246 g/mol. The fraction of sp³-hybridized carbons (Fsp3) is 1.00. The van der Waals surface area contributed by atoms with E-state index < -0.39 is 0 Å². The number of hydrogen-bond acceptors (Lipinski definition) is 5. The summed E-state index contributed by atoms with van der Waals surface area (Å²) in [7, 11) is 1.63. The van der Waals surface area contributed by atoms with Crippen molar-refractivity contribution in [3.05, 3.63) is 0 Å². The van der Waals surface area contributed by atoms with E-state index in [0.29, 0.717) is 19.3 Å². The molecule has 1 rings (SSSR count). The Balaban J connectivity index is 2.68. The summed E-state index contributed by atoms with van der Waals surface area (Å²) in [6, 6.07) is 0.127. The smallest absolute Gasteiger partial charge is 0.0674 e. The molecule has 17 heavy (non-hydrogen) atoms.